The van der Waals surface area contributed by atoms with Gasteiger partial charge in [-0.2, -0.15) is 0 Å². The van der Waals surface area contributed by atoms with E-state index in [-0.39, 0.29) is 0 Å². The molecule has 86 valence electrons. The number of aromatic amines is 2. The predicted molar refractivity (Wildman–Crippen MR) is 71.2 cm³/mol. The normalized spacial score (nSPS) is 11.3. The SMILES string of the molecule is c1cc2[nH]c(-c3cc4ccncc4[nH]3)cc2cn1. The second-order valence-corrected chi connectivity index (χ2v) is 4.29. The standard InChI is InChI=1S/C14H10N4/c1-3-16-8-14-9(1)5-12(18-14)13-6-10-7-15-4-2-11(10)17-13/h1-8,17-18H. The maximum atomic E-state index is 4.12. The Labute approximate surface area is 103 Å². The molecule has 18 heavy (non-hydrogen) atoms. The first-order valence-electron chi connectivity index (χ1n) is 5.76. The molecule has 4 aromatic rings. The number of fused-ring (bicyclic) bond motifs is 2. The van der Waals surface area contributed by atoms with Crippen LogP contribution in [-0.4, -0.2) is 19.9 Å². The van der Waals surface area contributed by atoms with Crippen LogP contribution in [0.15, 0.2) is 49.1 Å². The number of nitrogens with zero attached hydrogens (tertiary/aromatic N) is 2. The van der Waals surface area contributed by atoms with Crippen molar-refractivity contribution in [1.29, 1.82) is 0 Å². The highest BCUT2D eigenvalue weighted by molar-refractivity contribution is 5.89. The van der Waals surface area contributed by atoms with Crippen LogP contribution in [0.2, 0.25) is 0 Å². The van der Waals surface area contributed by atoms with Gasteiger partial charge in [-0.1, -0.05) is 0 Å². The van der Waals surface area contributed by atoms with E-state index in [4.69, 9.17) is 0 Å². The summed E-state index contributed by atoms with van der Waals surface area (Å²) in [4.78, 5) is 15.0. The summed E-state index contributed by atoms with van der Waals surface area (Å²) in [5, 5.41) is 2.28. The monoisotopic (exact) mass is 234 g/mol. The molecule has 0 unspecified atom stereocenters. The molecule has 4 rings (SSSR count). The molecule has 0 aliphatic rings. The quantitative estimate of drug-likeness (QED) is 0.531. The lowest BCUT2D eigenvalue weighted by Crippen LogP contribution is -1.75. The molecule has 0 saturated heterocycles. The fourth-order valence-corrected chi connectivity index (χ4v) is 2.23. The number of hydrogen-bond donors (Lipinski definition) is 2. The van der Waals surface area contributed by atoms with Gasteiger partial charge in [-0.15, -0.1) is 0 Å². The molecule has 4 nitrogen and oxygen atoms in total. The molecule has 4 heterocycles. The van der Waals surface area contributed by atoms with Gasteiger partial charge in [0.1, 0.15) is 0 Å². The Morgan fingerprint density at radius 2 is 1.44 bits per heavy atom. The molecular formula is C14H10N4. The van der Waals surface area contributed by atoms with Crippen LogP contribution in [0.4, 0.5) is 0 Å². The minimum Gasteiger partial charge on any atom is -0.353 e. The van der Waals surface area contributed by atoms with Crippen molar-refractivity contribution in [2.45, 2.75) is 0 Å². The molecule has 0 amide bonds. The second kappa shape index (κ2) is 3.43. The van der Waals surface area contributed by atoms with E-state index in [0.29, 0.717) is 0 Å². The maximum Gasteiger partial charge on any atom is 0.0645 e. The summed E-state index contributed by atoms with van der Waals surface area (Å²) in [5.74, 6) is 0. The van der Waals surface area contributed by atoms with Crippen LogP contribution < -0.4 is 0 Å². The van der Waals surface area contributed by atoms with E-state index in [2.05, 4.69) is 32.1 Å². The topological polar surface area (TPSA) is 57.4 Å². The van der Waals surface area contributed by atoms with Crippen LogP contribution >= 0.6 is 0 Å². The Morgan fingerprint density at radius 3 is 2.28 bits per heavy atom. The highest BCUT2D eigenvalue weighted by Gasteiger charge is 2.06. The van der Waals surface area contributed by atoms with E-state index in [9.17, 15) is 0 Å². The molecule has 2 N–H and O–H groups in total. The van der Waals surface area contributed by atoms with Crippen LogP contribution in [0.25, 0.3) is 33.2 Å². The first kappa shape index (κ1) is 9.41. The highest BCUT2D eigenvalue weighted by Crippen LogP contribution is 2.25. The number of rotatable bonds is 1. The third kappa shape index (κ3) is 1.32. The Balaban J connectivity index is 1.95. The van der Waals surface area contributed by atoms with Gasteiger partial charge < -0.3 is 9.97 Å². The van der Waals surface area contributed by atoms with Crippen molar-refractivity contribution >= 4 is 21.8 Å². The molecule has 0 fully saturated rings. The summed E-state index contributed by atoms with van der Waals surface area (Å²) in [6, 6.07) is 8.19. The molecule has 0 aromatic carbocycles. The summed E-state index contributed by atoms with van der Waals surface area (Å²) in [7, 11) is 0. The van der Waals surface area contributed by atoms with E-state index in [1.54, 1.807) is 12.4 Å². The molecule has 0 saturated carbocycles. The van der Waals surface area contributed by atoms with Crippen molar-refractivity contribution in [2.75, 3.05) is 0 Å². The van der Waals surface area contributed by atoms with E-state index >= 15 is 0 Å². The Hall–Kier alpha value is -2.62. The number of nitrogens with one attached hydrogen (secondary N) is 2. The Kier molecular flexibility index (Phi) is 1.80. The second-order valence-electron chi connectivity index (χ2n) is 4.29. The van der Waals surface area contributed by atoms with E-state index in [1.807, 2.05) is 24.5 Å². The van der Waals surface area contributed by atoms with Crippen LogP contribution in [0.3, 0.4) is 0 Å². The smallest absolute Gasteiger partial charge is 0.0645 e. The van der Waals surface area contributed by atoms with Crippen molar-refractivity contribution in [2.24, 2.45) is 0 Å². The van der Waals surface area contributed by atoms with Gasteiger partial charge in [-0.3, -0.25) is 9.97 Å². The van der Waals surface area contributed by atoms with Gasteiger partial charge in [0.05, 0.1) is 23.1 Å². The minimum atomic E-state index is 1.05. The molecule has 0 aliphatic heterocycles. The maximum absolute atomic E-state index is 4.12. The molecule has 0 atom stereocenters. The summed E-state index contributed by atoms with van der Waals surface area (Å²) in [6.07, 6.45) is 7.29. The number of H-pyrrole nitrogens is 2. The van der Waals surface area contributed by atoms with Gasteiger partial charge >= 0.3 is 0 Å². The van der Waals surface area contributed by atoms with Crippen molar-refractivity contribution in [1.82, 2.24) is 19.9 Å². The van der Waals surface area contributed by atoms with E-state index in [0.717, 1.165) is 33.2 Å². The zero-order chi connectivity index (χ0) is 11.9. The van der Waals surface area contributed by atoms with Gasteiger partial charge in [0.15, 0.2) is 0 Å². The summed E-state index contributed by atoms with van der Waals surface area (Å²) < 4.78 is 0. The van der Waals surface area contributed by atoms with Crippen molar-refractivity contribution in [3.8, 4) is 11.4 Å². The lowest BCUT2D eigenvalue weighted by Gasteiger charge is -1.90. The number of pyridine rings is 2. The molecule has 4 aromatic heterocycles. The van der Waals surface area contributed by atoms with Crippen LogP contribution in [0, 0.1) is 0 Å². The van der Waals surface area contributed by atoms with Gasteiger partial charge in [-0.25, -0.2) is 0 Å². The molecule has 0 bridgehead atoms. The minimum absolute atomic E-state index is 1.05. The molecular weight excluding hydrogens is 224 g/mol. The zero-order valence-electron chi connectivity index (χ0n) is 9.51. The molecule has 4 heteroatoms. The summed E-state index contributed by atoms with van der Waals surface area (Å²) in [5.41, 5.74) is 4.27. The molecule has 0 spiro atoms. The van der Waals surface area contributed by atoms with Gasteiger partial charge in [0.2, 0.25) is 0 Å². The van der Waals surface area contributed by atoms with Crippen LogP contribution in [-0.2, 0) is 0 Å². The van der Waals surface area contributed by atoms with Crippen molar-refractivity contribution < 1.29 is 0 Å². The first-order chi connectivity index (χ1) is 8.90. The fourth-order valence-electron chi connectivity index (χ4n) is 2.23. The van der Waals surface area contributed by atoms with Gasteiger partial charge in [-0.05, 0) is 24.3 Å². The third-order valence-electron chi connectivity index (χ3n) is 3.14. The van der Waals surface area contributed by atoms with Gasteiger partial charge in [0, 0.05) is 34.9 Å². The number of hydrogen-bond acceptors (Lipinski definition) is 2. The average Bonchev–Trinajstić information content (AvgIpc) is 3.02. The van der Waals surface area contributed by atoms with Crippen LogP contribution in [0.1, 0.15) is 0 Å². The number of aromatic nitrogens is 4. The lowest BCUT2D eigenvalue weighted by atomic mass is 10.2. The lowest BCUT2D eigenvalue weighted by molar-refractivity contribution is 1.32. The molecule has 0 radical (unpaired) electrons. The summed E-state index contributed by atoms with van der Waals surface area (Å²) in [6.45, 7) is 0. The van der Waals surface area contributed by atoms with Gasteiger partial charge in [0.25, 0.3) is 0 Å². The largest absolute Gasteiger partial charge is 0.353 e. The summed E-state index contributed by atoms with van der Waals surface area (Å²) >= 11 is 0. The Morgan fingerprint density at radius 1 is 0.722 bits per heavy atom. The van der Waals surface area contributed by atoms with Crippen LogP contribution in [0.5, 0.6) is 0 Å². The third-order valence-corrected chi connectivity index (χ3v) is 3.14. The zero-order valence-corrected chi connectivity index (χ0v) is 9.51. The van der Waals surface area contributed by atoms with Crippen molar-refractivity contribution in [3.63, 3.8) is 0 Å². The van der Waals surface area contributed by atoms with Crippen molar-refractivity contribution in [3.05, 3.63) is 49.1 Å². The highest BCUT2D eigenvalue weighted by atomic mass is 14.8. The van der Waals surface area contributed by atoms with E-state index < -0.39 is 0 Å². The fraction of sp³-hybridized carbons (Fsp3) is 0. The average molecular weight is 234 g/mol. The van der Waals surface area contributed by atoms with E-state index in [1.165, 1.54) is 0 Å². The first-order valence-corrected chi connectivity index (χ1v) is 5.76. The Bertz CT molecular complexity index is 703. The molecule has 0 aliphatic carbocycles. The predicted octanol–water partition coefficient (Wildman–Crippen LogP) is 3.11.